The van der Waals surface area contributed by atoms with Crippen LogP contribution in [0.2, 0.25) is 0 Å². The highest BCUT2D eigenvalue weighted by Gasteiger charge is 2.16. The number of nitrogens with one attached hydrogen (secondary N) is 1. The number of non-ortho nitro benzene ring substituents is 2. The monoisotopic (exact) mass is 587 g/mol. The molecule has 0 aliphatic carbocycles. The quantitative estimate of drug-likeness (QED) is 0.110. The summed E-state index contributed by atoms with van der Waals surface area (Å²) < 4.78 is 51.0. The lowest BCUT2D eigenvalue weighted by molar-refractivity contribution is -0.383. The fourth-order valence-electron chi connectivity index (χ4n) is 4.04. The molecule has 0 aliphatic rings. The van der Waals surface area contributed by atoms with Crippen molar-refractivity contribution >= 4 is 49.8 Å². The first-order valence-corrected chi connectivity index (χ1v) is 12.0. The molecule has 3 aromatic carbocycles. The fraction of sp³-hybridized carbons (Fsp3) is 0.160. The molecule has 0 atom stereocenters. The SMILES string of the molecule is Nc1cccc2c1cnn2CC(F)F.O=[N+]([O-])c1cccc2[nH]ncc12.O=[N+]([O-])c1cccc2c1cnn2CC(F)F. The maximum absolute atomic E-state index is 12.2. The molecule has 3 aromatic heterocycles. The summed E-state index contributed by atoms with van der Waals surface area (Å²) in [5.74, 6) is 0. The minimum absolute atomic E-state index is 0.0845. The lowest BCUT2D eigenvalue weighted by Gasteiger charge is -2.02. The van der Waals surface area contributed by atoms with Crippen molar-refractivity contribution in [3.8, 4) is 0 Å². The molecule has 6 rings (SSSR count). The summed E-state index contributed by atoms with van der Waals surface area (Å²) >= 11 is 0. The van der Waals surface area contributed by atoms with Gasteiger partial charge >= 0.3 is 0 Å². The largest absolute Gasteiger partial charge is 0.398 e. The molecule has 0 spiro atoms. The van der Waals surface area contributed by atoms with Crippen LogP contribution < -0.4 is 5.73 Å². The lowest BCUT2D eigenvalue weighted by atomic mass is 10.2. The summed E-state index contributed by atoms with van der Waals surface area (Å²) in [4.78, 5) is 20.2. The van der Waals surface area contributed by atoms with Crippen molar-refractivity contribution in [3.05, 3.63) is 93.4 Å². The molecule has 0 fully saturated rings. The number of anilines is 1. The number of rotatable bonds is 6. The van der Waals surface area contributed by atoms with Crippen LogP contribution in [0.1, 0.15) is 0 Å². The molecular formula is C25H21F4N9O4. The van der Waals surface area contributed by atoms with Gasteiger partial charge in [-0.25, -0.2) is 17.6 Å². The van der Waals surface area contributed by atoms with E-state index < -0.39 is 35.8 Å². The Hall–Kier alpha value is -5.61. The standard InChI is InChI=1S/C9H7F2N3O2.C9H9F2N3.C7H5N3O2/c10-9(11)5-13-7-2-1-3-8(14(15)16)6(7)4-12-13;10-9(11)5-14-8-3-1-2-7(12)6(8)4-13-14;11-10(12)7-3-1-2-6-5(7)4-8-9-6/h1-4,9H,5H2;1-4,9H,5,12H2;1-4H,(H,8,9). The molecule has 0 saturated carbocycles. The molecule has 0 saturated heterocycles. The maximum atomic E-state index is 12.2. The highest BCUT2D eigenvalue weighted by atomic mass is 19.3. The number of aromatic nitrogens is 6. The summed E-state index contributed by atoms with van der Waals surface area (Å²) in [5.41, 5.74) is 7.85. The third-order valence-electron chi connectivity index (χ3n) is 5.86. The van der Waals surface area contributed by atoms with E-state index in [2.05, 4.69) is 20.4 Å². The summed E-state index contributed by atoms with van der Waals surface area (Å²) in [6.45, 7) is -0.961. The van der Waals surface area contributed by atoms with E-state index in [0.717, 1.165) is 4.68 Å². The third kappa shape index (κ3) is 6.57. The zero-order valence-electron chi connectivity index (χ0n) is 21.3. The number of nitrogen functional groups attached to an aromatic ring is 1. The molecule has 3 N–H and O–H groups in total. The van der Waals surface area contributed by atoms with Crippen molar-refractivity contribution in [1.29, 1.82) is 0 Å². The van der Waals surface area contributed by atoms with E-state index in [9.17, 15) is 37.8 Å². The number of fused-ring (bicyclic) bond motifs is 3. The van der Waals surface area contributed by atoms with E-state index in [1.54, 1.807) is 30.3 Å². The molecule has 6 aromatic rings. The van der Waals surface area contributed by atoms with Gasteiger partial charge in [-0.1, -0.05) is 18.2 Å². The van der Waals surface area contributed by atoms with Gasteiger partial charge in [0.1, 0.15) is 13.1 Å². The number of benzene rings is 3. The Morgan fingerprint density at radius 1 is 0.738 bits per heavy atom. The first-order valence-electron chi connectivity index (χ1n) is 12.0. The number of alkyl halides is 4. The molecule has 42 heavy (non-hydrogen) atoms. The van der Waals surface area contributed by atoms with Gasteiger partial charge in [0.25, 0.3) is 24.2 Å². The van der Waals surface area contributed by atoms with E-state index in [1.807, 2.05) is 0 Å². The first-order chi connectivity index (χ1) is 20.1. The fourth-order valence-corrected chi connectivity index (χ4v) is 4.04. The van der Waals surface area contributed by atoms with Gasteiger partial charge in [-0.2, -0.15) is 15.3 Å². The predicted octanol–water partition coefficient (Wildman–Crippen LogP) is 5.56. The van der Waals surface area contributed by atoms with Crippen LogP contribution in [-0.2, 0) is 13.1 Å². The molecule has 17 heteroatoms. The van der Waals surface area contributed by atoms with E-state index in [4.69, 9.17) is 5.73 Å². The Bertz CT molecular complexity index is 1850. The topological polar surface area (TPSA) is 177 Å². The molecule has 13 nitrogen and oxygen atoms in total. The average molecular weight is 587 g/mol. The second-order valence-electron chi connectivity index (χ2n) is 8.55. The number of aromatic amines is 1. The third-order valence-corrected chi connectivity index (χ3v) is 5.86. The zero-order chi connectivity index (χ0) is 30.4. The molecule has 0 radical (unpaired) electrons. The number of nitro groups is 2. The smallest absolute Gasteiger partial charge is 0.280 e. The van der Waals surface area contributed by atoms with E-state index in [1.165, 1.54) is 47.5 Å². The average Bonchev–Trinajstić information content (AvgIpc) is 3.68. The van der Waals surface area contributed by atoms with Gasteiger partial charge in [0.15, 0.2) is 0 Å². The summed E-state index contributed by atoms with van der Waals surface area (Å²) in [6.07, 6.45) is -0.752. The van der Waals surface area contributed by atoms with Crippen LogP contribution in [0.5, 0.6) is 0 Å². The van der Waals surface area contributed by atoms with Crippen molar-refractivity contribution < 1.29 is 27.4 Å². The van der Waals surface area contributed by atoms with Gasteiger partial charge in [0.05, 0.1) is 55.8 Å². The number of hydrogen-bond acceptors (Lipinski definition) is 8. The van der Waals surface area contributed by atoms with Crippen molar-refractivity contribution in [2.45, 2.75) is 25.9 Å². The van der Waals surface area contributed by atoms with Gasteiger partial charge in [0, 0.05) is 23.2 Å². The van der Waals surface area contributed by atoms with Gasteiger partial charge in [-0.3, -0.25) is 34.7 Å². The Morgan fingerprint density at radius 2 is 1.24 bits per heavy atom. The number of nitro benzene ring substituents is 2. The van der Waals surface area contributed by atoms with E-state index >= 15 is 0 Å². The van der Waals surface area contributed by atoms with Crippen LogP contribution in [0.15, 0.2) is 73.2 Å². The van der Waals surface area contributed by atoms with Crippen LogP contribution >= 0.6 is 0 Å². The second kappa shape index (κ2) is 12.7. The Balaban J connectivity index is 0.000000146. The first kappa shape index (κ1) is 29.4. The summed E-state index contributed by atoms with van der Waals surface area (Å²) in [7, 11) is 0. The summed E-state index contributed by atoms with van der Waals surface area (Å²) in [5, 5.41) is 36.6. The Kier molecular flexibility index (Phi) is 8.89. The Labute approximate surface area is 232 Å². The van der Waals surface area contributed by atoms with Crippen molar-refractivity contribution in [2.75, 3.05) is 5.73 Å². The number of halogens is 4. The minimum atomic E-state index is -2.54. The van der Waals surface area contributed by atoms with Gasteiger partial charge in [-0.05, 0) is 24.3 Å². The summed E-state index contributed by atoms with van der Waals surface area (Å²) in [6, 6.07) is 14.3. The van der Waals surface area contributed by atoms with Gasteiger partial charge in [-0.15, -0.1) is 0 Å². The van der Waals surface area contributed by atoms with E-state index in [-0.39, 0.29) is 16.8 Å². The van der Waals surface area contributed by atoms with Crippen LogP contribution in [0.4, 0.5) is 34.6 Å². The van der Waals surface area contributed by atoms with Gasteiger partial charge in [0.2, 0.25) is 0 Å². The second-order valence-corrected chi connectivity index (χ2v) is 8.55. The molecule has 218 valence electrons. The zero-order valence-corrected chi connectivity index (χ0v) is 21.3. The van der Waals surface area contributed by atoms with Crippen molar-refractivity contribution in [1.82, 2.24) is 29.8 Å². The van der Waals surface area contributed by atoms with Crippen molar-refractivity contribution in [2.24, 2.45) is 0 Å². The highest BCUT2D eigenvalue weighted by Crippen LogP contribution is 2.25. The van der Waals surface area contributed by atoms with Crippen LogP contribution in [0.25, 0.3) is 32.7 Å². The van der Waals surface area contributed by atoms with Crippen LogP contribution in [0, 0.1) is 20.2 Å². The van der Waals surface area contributed by atoms with Crippen LogP contribution in [0.3, 0.4) is 0 Å². The normalized spacial score (nSPS) is 11.0. The minimum Gasteiger partial charge on any atom is -0.398 e. The number of H-pyrrole nitrogens is 1. The molecule has 0 bridgehead atoms. The predicted molar refractivity (Wildman–Crippen MR) is 145 cm³/mol. The van der Waals surface area contributed by atoms with Crippen molar-refractivity contribution in [3.63, 3.8) is 0 Å². The van der Waals surface area contributed by atoms with E-state index in [0.29, 0.717) is 33.0 Å². The number of nitrogens with two attached hydrogens (primary N) is 1. The Morgan fingerprint density at radius 3 is 1.81 bits per heavy atom. The number of nitrogens with zero attached hydrogens (tertiary/aromatic N) is 7. The number of hydrogen-bond donors (Lipinski definition) is 2. The maximum Gasteiger partial charge on any atom is 0.280 e. The molecule has 0 amide bonds. The molecular weight excluding hydrogens is 566 g/mol. The highest BCUT2D eigenvalue weighted by molar-refractivity contribution is 5.90. The molecule has 0 aliphatic heterocycles. The molecule has 0 unspecified atom stereocenters. The van der Waals surface area contributed by atoms with Crippen LogP contribution in [-0.4, -0.2) is 52.5 Å². The lowest BCUT2D eigenvalue weighted by Crippen LogP contribution is -2.07. The van der Waals surface area contributed by atoms with Gasteiger partial charge < -0.3 is 5.73 Å². The molecule has 3 heterocycles.